The van der Waals surface area contributed by atoms with E-state index in [-0.39, 0.29) is 5.95 Å². The summed E-state index contributed by atoms with van der Waals surface area (Å²) in [5.41, 5.74) is 5.86. The van der Waals surface area contributed by atoms with Crippen molar-refractivity contribution in [1.29, 1.82) is 0 Å². The van der Waals surface area contributed by atoms with Gasteiger partial charge < -0.3 is 5.73 Å². The van der Waals surface area contributed by atoms with E-state index in [9.17, 15) is 0 Å². The third-order valence-electron chi connectivity index (χ3n) is 1.39. The minimum Gasteiger partial charge on any atom is -0.365 e. The molecule has 0 bridgehead atoms. The molecule has 0 aliphatic heterocycles. The van der Waals surface area contributed by atoms with Crippen LogP contribution in [0.25, 0.3) is 11.5 Å². The molecule has 0 fully saturated rings. The molecule has 6 nitrogen and oxygen atoms in total. The summed E-state index contributed by atoms with van der Waals surface area (Å²) >= 11 is 0. The van der Waals surface area contributed by atoms with Gasteiger partial charge in [-0.15, -0.1) is 20.4 Å². The van der Waals surface area contributed by atoms with Crippen LogP contribution in [0.15, 0.2) is 24.4 Å². The summed E-state index contributed by atoms with van der Waals surface area (Å²) in [5, 5.41) is 14.6. The van der Waals surface area contributed by atoms with Crippen LogP contribution in [0, 0.1) is 0 Å². The zero-order valence-electron chi connectivity index (χ0n) is 6.62. The third-order valence-corrected chi connectivity index (χ3v) is 1.39. The van der Waals surface area contributed by atoms with Gasteiger partial charge >= 0.3 is 0 Å². The lowest BCUT2D eigenvalue weighted by molar-refractivity contribution is 0.875. The first-order valence-electron chi connectivity index (χ1n) is 3.60. The van der Waals surface area contributed by atoms with Crippen molar-refractivity contribution in [2.75, 3.05) is 5.73 Å². The fraction of sp³-hybridized carbons (Fsp3) is 0. The lowest BCUT2D eigenvalue weighted by Gasteiger charge is -1.94. The van der Waals surface area contributed by atoms with E-state index < -0.39 is 0 Å². The highest BCUT2D eigenvalue weighted by molar-refractivity contribution is 5.46. The highest BCUT2D eigenvalue weighted by Gasteiger charge is 2.01. The maximum Gasteiger partial charge on any atom is 0.259 e. The molecule has 2 aromatic rings. The van der Waals surface area contributed by atoms with Gasteiger partial charge in [0, 0.05) is 6.20 Å². The number of nitrogens with zero attached hydrogens (tertiary/aromatic N) is 5. The lowest BCUT2D eigenvalue weighted by atomic mass is 10.3. The smallest absolute Gasteiger partial charge is 0.259 e. The van der Waals surface area contributed by atoms with Crippen molar-refractivity contribution >= 4 is 5.95 Å². The number of nitrogen functional groups attached to an aromatic ring is 1. The predicted octanol–water partition coefficient (Wildman–Crippen LogP) is -0.0892. The summed E-state index contributed by atoms with van der Waals surface area (Å²) in [7, 11) is 0. The average molecular weight is 174 g/mol. The molecule has 0 unspecified atom stereocenters. The van der Waals surface area contributed by atoms with Crippen LogP contribution in [0.5, 0.6) is 0 Å². The number of hydrogen-bond acceptors (Lipinski definition) is 6. The first kappa shape index (κ1) is 7.53. The van der Waals surface area contributed by atoms with Crippen LogP contribution in [0.4, 0.5) is 5.95 Å². The molecule has 0 spiro atoms. The Morgan fingerprint density at radius 1 is 1.00 bits per heavy atom. The zero-order chi connectivity index (χ0) is 9.10. The molecule has 6 heteroatoms. The van der Waals surface area contributed by atoms with E-state index in [0.717, 1.165) is 0 Å². The van der Waals surface area contributed by atoms with Gasteiger partial charge in [0.05, 0.1) is 0 Å². The van der Waals surface area contributed by atoms with E-state index in [1.807, 2.05) is 12.1 Å². The molecule has 0 saturated heterocycles. The number of nitrogens with two attached hydrogens (primary N) is 1. The molecule has 0 radical (unpaired) electrons. The second-order valence-electron chi connectivity index (χ2n) is 2.30. The SMILES string of the molecule is Nc1nnc(-c2ccccn2)nn1. The van der Waals surface area contributed by atoms with Crippen molar-refractivity contribution in [3.8, 4) is 11.5 Å². The van der Waals surface area contributed by atoms with Crippen LogP contribution < -0.4 is 5.73 Å². The molecule has 2 aromatic heterocycles. The van der Waals surface area contributed by atoms with Crippen molar-refractivity contribution in [1.82, 2.24) is 25.4 Å². The van der Waals surface area contributed by atoms with E-state index in [2.05, 4.69) is 25.4 Å². The lowest BCUT2D eigenvalue weighted by Crippen LogP contribution is -2.02. The molecule has 0 saturated carbocycles. The maximum absolute atomic E-state index is 5.24. The number of hydrogen-bond donors (Lipinski definition) is 1. The fourth-order valence-corrected chi connectivity index (χ4v) is 0.835. The van der Waals surface area contributed by atoms with Crippen LogP contribution >= 0.6 is 0 Å². The fourth-order valence-electron chi connectivity index (χ4n) is 0.835. The maximum atomic E-state index is 5.24. The molecule has 2 rings (SSSR count). The Bertz CT molecular complexity index is 383. The van der Waals surface area contributed by atoms with Gasteiger partial charge in [0.25, 0.3) is 5.95 Å². The summed E-state index contributed by atoms with van der Waals surface area (Å²) in [6.07, 6.45) is 1.65. The van der Waals surface area contributed by atoms with Gasteiger partial charge in [-0.2, -0.15) is 0 Å². The Balaban J connectivity index is 2.42. The van der Waals surface area contributed by atoms with Crippen molar-refractivity contribution in [3.05, 3.63) is 24.4 Å². The largest absolute Gasteiger partial charge is 0.365 e. The molecule has 0 amide bonds. The van der Waals surface area contributed by atoms with Crippen LogP contribution in [0.3, 0.4) is 0 Å². The minimum absolute atomic E-state index is 0.0553. The molecule has 0 aliphatic rings. The molecule has 13 heavy (non-hydrogen) atoms. The highest BCUT2D eigenvalue weighted by atomic mass is 15.3. The summed E-state index contributed by atoms with van der Waals surface area (Å²) in [5.74, 6) is 0.425. The van der Waals surface area contributed by atoms with Gasteiger partial charge in [0.15, 0.2) is 0 Å². The molecule has 2 N–H and O–H groups in total. The van der Waals surface area contributed by atoms with Gasteiger partial charge in [-0.05, 0) is 12.1 Å². The summed E-state index contributed by atoms with van der Waals surface area (Å²) in [4.78, 5) is 4.03. The quantitative estimate of drug-likeness (QED) is 0.649. The normalized spacial score (nSPS) is 9.85. The van der Waals surface area contributed by atoms with E-state index in [4.69, 9.17) is 5.73 Å². The molecule has 0 aliphatic carbocycles. The topological polar surface area (TPSA) is 90.5 Å². The Labute approximate surface area is 73.9 Å². The second kappa shape index (κ2) is 3.10. The third kappa shape index (κ3) is 1.56. The second-order valence-corrected chi connectivity index (χ2v) is 2.30. The Hall–Kier alpha value is -2.11. The standard InChI is InChI=1S/C7H6N6/c8-7-12-10-6(11-13-7)5-3-1-2-4-9-5/h1-4H,(H2,8,12,13). The van der Waals surface area contributed by atoms with Crippen molar-refractivity contribution in [2.45, 2.75) is 0 Å². The Kier molecular flexibility index (Phi) is 1.79. The van der Waals surface area contributed by atoms with Gasteiger partial charge in [-0.1, -0.05) is 6.07 Å². The summed E-state index contributed by atoms with van der Waals surface area (Å²) in [6, 6.07) is 5.42. The molecular weight excluding hydrogens is 168 g/mol. The van der Waals surface area contributed by atoms with Crippen LogP contribution in [-0.2, 0) is 0 Å². The Morgan fingerprint density at radius 2 is 1.77 bits per heavy atom. The molecule has 2 heterocycles. The van der Waals surface area contributed by atoms with E-state index in [1.165, 1.54) is 0 Å². The van der Waals surface area contributed by atoms with Crippen LogP contribution in [0.2, 0.25) is 0 Å². The molecule has 0 aromatic carbocycles. The molecule has 0 atom stereocenters. The monoisotopic (exact) mass is 174 g/mol. The Morgan fingerprint density at radius 3 is 2.38 bits per heavy atom. The minimum atomic E-state index is 0.0553. The molecular formula is C7H6N6. The first-order chi connectivity index (χ1) is 6.36. The molecule has 64 valence electrons. The zero-order valence-corrected chi connectivity index (χ0v) is 6.62. The van der Waals surface area contributed by atoms with Gasteiger partial charge in [0.2, 0.25) is 5.82 Å². The summed E-state index contributed by atoms with van der Waals surface area (Å²) < 4.78 is 0. The number of rotatable bonds is 1. The van der Waals surface area contributed by atoms with Crippen molar-refractivity contribution in [2.24, 2.45) is 0 Å². The number of anilines is 1. The van der Waals surface area contributed by atoms with Gasteiger partial charge in [-0.25, -0.2) is 0 Å². The van der Waals surface area contributed by atoms with E-state index in [0.29, 0.717) is 11.5 Å². The van der Waals surface area contributed by atoms with Crippen molar-refractivity contribution in [3.63, 3.8) is 0 Å². The van der Waals surface area contributed by atoms with Crippen LogP contribution in [0.1, 0.15) is 0 Å². The number of aromatic nitrogens is 5. The predicted molar refractivity (Wildman–Crippen MR) is 45.3 cm³/mol. The van der Waals surface area contributed by atoms with Crippen molar-refractivity contribution < 1.29 is 0 Å². The van der Waals surface area contributed by atoms with E-state index in [1.54, 1.807) is 12.3 Å². The van der Waals surface area contributed by atoms with Gasteiger partial charge in [0.1, 0.15) is 5.69 Å². The highest BCUT2D eigenvalue weighted by Crippen LogP contribution is 2.06. The number of pyridine rings is 1. The van der Waals surface area contributed by atoms with Crippen LogP contribution in [-0.4, -0.2) is 25.4 Å². The average Bonchev–Trinajstić information content (AvgIpc) is 2.20. The first-order valence-corrected chi connectivity index (χ1v) is 3.60. The van der Waals surface area contributed by atoms with Gasteiger partial charge in [-0.3, -0.25) is 4.98 Å². The summed E-state index contributed by atoms with van der Waals surface area (Å²) in [6.45, 7) is 0. The van der Waals surface area contributed by atoms with E-state index >= 15 is 0 Å².